The highest BCUT2D eigenvalue weighted by Gasteiger charge is 2.25. The lowest BCUT2D eigenvalue weighted by Crippen LogP contribution is -2.49. The molecule has 0 atom stereocenters. The molecule has 1 amide bonds. The van der Waals surface area contributed by atoms with E-state index < -0.39 is 17.3 Å². The summed E-state index contributed by atoms with van der Waals surface area (Å²) in [5, 5.41) is 2.67. The summed E-state index contributed by atoms with van der Waals surface area (Å²) in [6, 6.07) is 4.15. The molecule has 2 nitrogen and oxygen atoms in total. The SMILES string of the molecule is CC(CCl)(CCl)NC(=O)c1ccc(Br)c(F)c1. The summed E-state index contributed by atoms with van der Waals surface area (Å²) in [5.74, 6) is -0.529. The van der Waals surface area contributed by atoms with Crippen LogP contribution in [0.15, 0.2) is 22.7 Å². The number of benzene rings is 1. The fourth-order valence-corrected chi connectivity index (χ4v) is 1.75. The molecular weight excluding hydrogens is 332 g/mol. The second-order valence-corrected chi connectivity index (χ2v) is 5.30. The molecule has 94 valence electrons. The number of nitrogens with one attached hydrogen (secondary N) is 1. The van der Waals surface area contributed by atoms with E-state index in [1.54, 1.807) is 6.92 Å². The average molecular weight is 343 g/mol. The topological polar surface area (TPSA) is 29.1 Å². The van der Waals surface area contributed by atoms with Crippen molar-refractivity contribution < 1.29 is 9.18 Å². The monoisotopic (exact) mass is 341 g/mol. The maximum absolute atomic E-state index is 13.3. The summed E-state index contributed by atoms with van der Waals surface area (Å²) in [7, 11) is 0. The van der Waals surface area contributed by atoms with Gasteiger partial charge in [0.15, 0.2) is 0 Å². The second kappa shape index (κ2) is 6.03. The van der Waals surface area contributed by atoms with Gasteiger partial charge in [0.25, 0.3) is 5.91 Å². The first-order valence-corrected chi connectivity index (χ1v) is 6.67. The predicted octanol–water partition coefficient (Wildman–Crippen LogP) is 3.55. The molecule has 0 heterocycles. The number of halogens is 4. The van der Waals surface area contributed by atoms with Gasteiger partial charge in [-0.25, -0.2) is 4.39 Å². The van der Waals surface area contributed by atoms with Crippen LogP contribution < -0.4 is 5.32 Å². The zero-order valence-electron chi connectivity index (χ0n) is 9.07. The lowest BCUT2D eigenvalue weighted by Gasteiger charge is -2.25. The van der Waals surface area contributed by atoms with Crippen LogP contribution >= 0.6 is 39.1 Å². The molecule has 1 aromatic carbocycles. The Kier molecular flexibility index (Phi) is 5.22. The van der Waals surface area contributed by atoms with Gasteiger partial charge in [-0.3, -0.25) is 4.79 Å². The highest BCUT2D eigenvalue weighted by atomic mass is 79.9. The summed E-state index contributed by atoms with van der Waals surface area (Å²) >= 11 is 14.5. The molecule has 0 unspecified atom stereocenters. The number of amides is 1. The Balaban J connectivity index is 2.86. The van der Waals surface area contributed by atoms with Gasteiger partial charge in [-0.15, -0.1) is 23.2 Å². The third kappa shape index (κ3) is 3.83. The van der Waals surface area contributed by atoms with E-state index >= 15 is 0 Å². The molecule has 0 saturated heterocycles. The molecule has 0 aliphatic heterocycles. The van der Waals surface area contributed by atoms with Crippen molar-refractivity contribution in [3.63, 3.8) is 0 Å². The molecule has 0 radical (unpaired) electrons. The van der Waals surface area contributed by atoms with Gasteiger partial charge >= 0.3 is 0 Å². The molecule has 0 fully saturated rings. The summed E-state index contributed by atoms with van der Waals surface area (Å²) in [5.41, 5.74) is -0.476. The van der Waals surface area contributed by atoms with E-state index in [9.17, 15) is 9.18 Å². The van der Waals surface area contributed by atoms with Gasteiger partial charge in [-0.2, -0.15) is 0 Å². The van der Waals surface area contributed by atoms with Crippen LogP contribution in [-0.4, -0.2) is 23.2 Å². The summed E-state index contributed by atoms with van der Waals surface area (Å²) in [6.45, 7) is 1.72. The fourth-order valence-electron chi connectivity index (χ4n) is 1.09. The molecule has 1 rings (SSSR count). The van der Waals surface area contributed by atoms with Crippen LogP contribution in [0.4, 0.5) is 4.39 Å². The van der Waals surface area contributed by atoms with Crippen molar-refractivity contribution in [1.82, 2.24) is 5.32 Å². The fraction of sp³-hybridized carbons (Fsp3) is 0.364. The summed E-state index contributed by atoms with van der Waals surface area (Å²) < 4.78 is 13.6. The van der Waals surface area contributed by atoms with Crippen LogP contribution in [0, 0.1) is 5.82 Å². The van der Waals surface area contributed by atoms with E-state index in [0.29, 0.717) is 4.47 Å². The van der Waals surface area contributed by atoms with Crippen LogP contribution in [0.5, 0.6) is 0 Å². The van der Waals surface area contributed by atoms with Gasteiger partial charge in [-0.1, -0.05) is 0 Å². The largest absolute Gasteiger partial charge is 0.344 e. The minimum atomic E-state index is -0.705. The van der Waals surface area contributed by atoms with Gasteiger partial charge in [-0.05, 0) is 41.1 Å². The first-order valence-electron chi connectivity index (χ1n) is 4.81. The van der Waals surface area contributed by atoms with E-state index in [-0.39, 0.29) is 17.3 Å². The Labute approximate surface area is 118 Å². The quantitative estimate of drug-likeness (QED) is 0.833. The van der Waals surface area contributed by atoms with Crippen molar-refractivity contribution in [2.24, 2.45) is 0 Å². The van der Waals surface area contributed by atoms with Crippen molar-refractivity contribution >= 4 is 45.0 Å². The van der Waals surface area contributed by atoms with E-state index in [1.807, 2.05) is 0 Å². The van der Waals surface area contributed by atoms with Crippen LogP contribution in [0.2, 0.25) is 0 Å². The molecule has 0 saturated carbocycles. The lowest BCUT2D eigenvalue weighted by atomic mass is 10.1. The third-order valence-corrected chi connectivity index (χ3v) is 4.01. The number of rotatable bonds is 4. The van der Waals surface area contributed by atoms with Gasteiger partial charge in [0, 0.05) is 17.3 Å². The molecule has 6 heteroatoms. The highest BCUT2D eigenvalue weighted by molar-refractivity contribution is 9.10. The Morgan fingerprint density at radius 1 is 1.47 bits per heavy atom. The molecule has 0 spiro atoms. The van der Waals surface area contributed by atoms with E-state index in [2.05, 4.69) is 21.2 Å². The molecule has 0 bridgehead atoms. The Bertz CT molecular complexity index is 424. The van der Waals surface area contributed by atoms with E-state index in [0.717, 1.165) is 6.07 Å². The first kappa shape index (κ1) is 14.7. The van der Waals surface area contributed by atoms with Crippen molar-refractivity contribution in [1.29, 1.82) is 0 Å². The number of carbonyl (C=O) groups excluding carboxylic acids is 1. The third-order valence-electron chi connectivity index (χ3n) is 2.19. The van der Waals surface area contributed by atoms with Crippen molar-refractivity contribution in [3.8, 4) is 0 Å². The van der Waals surface area contributed by atoms with Crippen LogP contribution in [0.3, 0.4) is 0 Å². The molecule has 0 aliphatic rings. The minimum absolute atomic E-state index is 0.182. The number of hydrogen-bond acceptors (Lipinski definition) is 1. The lowest BCUT2D eigenvalue weighted by molar-refractivity contribution is 0.0921. The number of hydrogen-bond donors (Lipinski definition) is 1. The van der Waals surface area contributed by atoms with Gasteiger partial charge in [0.1, 0.15) is 5.82 Å². The highest BCUT2D eigenvalue weighted by Crippen LogP contribution is 2.17. The molecule has 1 N–H and O–H groups in total. The molecule has 17 heavy (non-hydrogen) atoms. The maximum atomic E-state index is 13.3. The summed E-state index contributed by atoms with van der Waals surface area (Å²) in [6.07, 6.45) is 0. The zero-order valence-corrected chi connectivity index (χ0v) is 12.2. The minimum Gasteiger partial charge on any atom is -0.344 e. The van der Waals surface area contributed by atoms with Crippen molar-refractivity contribution in [3.05, 3.63) is 34.1 Å². The molecule has 0 aliphatic carbocycles. The Morgan fingerprint density at radius 3 is 2.53 bits per heavy atom. The molecular formula is C11H11BrCl2FNO. The maximum Gasteiger partial charge on any atom is 0.251 e. The average Bonchev–Trinajstić information content (AvgIpc) is 2.32. The van der Waals surface area contributed by atoms with Gasteiger partial charge in [0.05, 0.1) is 10.0 Å². The van der Waals surface area contributed by atoms with E-state index in [1.165, 1.54) is 12.1 Å². The second-order valence-electron chi connectivity index (χ2n) is 3.91. The van der Waals surface area contributed by atoms with Crippen molar-refractivity contribution in [2.75, 3.05) is 11.8 Å². The Hall–Kier alpha value is -0.320. The van der Waals surface area contributed by atoms with Crippen LogP contribution in [-0.2, 0) is 0 Å². The summed E-state index contributed by atoms with van der Waals surface area (Å²) in [4.78, 5) is 11.8. The first-order chi connectivity index (χ1) is 7.91. The predicted molar refractivity (Wildman–Crippen MR) is 71.4 cm³/mol. The van der Waals surface area contributed by atoms with Gasteiger partial charge in [0.2, 0.25) is 0 Å². The molecule has 1 aromatic rings. The standard InChI is InChI=1S/C11H11BrCl2FNO/c1-11(5-13,6-14)16-10(17)7-2-3-8(12)9(15)4-7/h2-4H,5-6H2,1H3,(H,16,17). The molecule has 0 aromatic heterocycles. The smallest absolute Gasteiger partial charge is 0.251 e. The number of alkyl halides is 2. The normalized spacial score (nSPS) is 11.4. The van der Waals surface area contributed by atoms with Gasteiger partial charge < -0.3 is 5.32 Å². The number of carbonyl (C=O) groups is 1. The van der Waals surface area contributed by atoms with Crippen LogP contribution in [0.25, 0.3) is 0 Å². The van der Waals surface area contributed by atoms with Crippen LogP contribution in [0.1, 0.15) is 17.3 Å². The van der Waals surface area contributed by atoms with E-state index in [4.69, 9.17) is 23.2 Å². The zero-order chi connectivity index (χ0) is 13.1. The Morgan fingerprint density at radius 2 is 2.06 bits per heavy atom. The van der Waals surface area contributed by atoms with Crippen molar-refractivity contribution in [2.45, 2.75) is 12.5 Å².